The van der Waals surface area contributed by atoms with E-state index in [4.69, 9.17) is 0 Å². The summed E-state index contributed by atoms with van der Waals surface area (Å²) < 4.78 is 1.81. The van der Waals surface area contributed by atoms with Gasteiger partial charge in [0.25, 0.3) is 0 Å². The summed E-state index contributed by atoms with van der Waals surface area (Å²) in [6.07, 6.45) is 6.00. The number of thioether (sulfide) groups is 1. The van der Waals surface area contributed by atoms with Gasteiger partial charge >= 0.3 is 0 Å². The molecule has 0 aliphatic rings. The summed E-state index contributed by atoms with van der Waals surface area (Å²) in [5.41, 5.74) is 2.11. The molecule has 1 aromatic heterocycles. The van der Waals surface area contributed by atoms with Gasteiger partial charge in [-0.25, -0.2) is 4.68 Å². The molecular formula is C17H23N3OS. The largest absolute Gasteiger partial charge is 0.351 e. The molecule has 22 heavy (non-hydrogen) atoms. The van der Waals surface area contributed by atoms with E-state index in [9.17, 15) is 4.79 Å². The van der Waals surface area contributed by atoms with Crippen LogP contribution in [0.1, 0.15) is 32.3 Å². The van der Waals surface area contributed by atoms with E-state index in [0.717, 1.165) is 23.4 Å². The Morgan fingerprint density at radius 2 is 2.14 bits per heavy atom. The zero-order valence-electron chi connectivity index (χ0n) is 13.2. The van der Waals surface area contributed by atoms with Crippen molar-refractivity contribution >= 4 is 17.7 Å². The van der Waals surface area contributed by atoms with Crippen LogP contribution < -0.4 is 5.32 Å². The molecule has 1 amide bonds. The number of rotatable bonds is 8. The first-order valence-electron chi connectivity index (χ1n) is 7.69. The Morgan fingerprint density at radius 1 is 1.36 bits per heavy atom. The summed E-state index contributed by atoms with van der Waals surface area (Å²) in [6, 6.07) is 9.95. The zero-order valence-corrected chi connectivity index (χ0v) is 14.0. The second-order valence-corrected chi connectivity index (χ2v) is 6.65. The van der Waals surface area contributed by atoms with Crippen LogP contribution >= 0.6 is 11.8 Å². The van der Waals surface area contributed by atoms with Crippen LogP contribution in [0.15, 0.2) is 42.7 Å². The van der Waals surface area contributed by atoms with E-state index in [1.807, 2.05) is 48.1 Å². The summed E-state index contributed by atoms with van der Waals surface area (Å²) in [5.74, 6) is 1.15. The molecule has 4 nitrogen and oxygen atoms in total. The van der Waals surface area contributed by atoms with E-state index in [2.05, 4.69) is 17.3 Å². The van der Waals surface area contributed by atoms with Crippen LogP contribution in [0.5, 0.6) is 0 Å². The molecule has 1 aromatic carbocycles. The Morgan fingerprint density at radius 3 is 2.77 bits per heavy atom. The number of hydrogen-bond acceptors (Lipinski definition) is 3. The lowest BCUT2D eigenvalue weighted by molar-refractivity contribution is -0.120. The van der Waals surface area contributed by atoms with Crippen molar-refractivity contribution in [2.45, 2.75) is 38.5 Å². The molecule has 0 aliphatic heterocycles. The van der Waals surface area contributed by atoms with Gasteiger partial charge in [-0.3, -0.25) is 4.79 Å². The standard InChI is InChI=1S/C17H23N3OS/c1-3-4-12-22-14(2)17(21)18-13-15-6-8-16(9-7-15)20-11-5-10-19-20/h5-11,14H,3-4,12-13H2,1-2H3,(H,18,21)/t14-/m0/s1. The molecule has 0 bridgehead atoms. The first-order chi connectivity index (χ1) is 10.7. The van der Waals surface area contributed by atoms with Gasteiger partial charge in [-0.2, -0.15) is 5.10 Å². The number of nitrogens with zero attached hydrogens (tertiary/aromatic N) is 2. The third kappa shape index (κ3) is 4.91. The second-order valence-electron chi connectivity index (χ2n) is 5.20. The Labute approximate surface area is 136 Å². The van der Waals surface area contributed by atoms with Crippen LogP contribution in [0.2, 0.25) is 0 Å². The topological polar surface area (TPSA) is 46.9 Å². The molecule has 0 unspecified atom stereocenters. The molecule has 1 N–H and O–H groups in total. The van der Waals surface area contributed by atoms with Crippen molar-refractivity contribution in [3.63, 3.8) is 0 Å². The molecule has 118 valence electrons. The van der Waals surface area contributed by atoms with E-state index in [0.29, 0.717) is 6.54 Å². The maximum Gasteiger partial charge on any atom is 0.233 e. The summed E-state index contributed by atoms with van der Waals surface area (Å²) >= 11 is 1.72. The number of amides is 1. The molecule has 5 heteroatoms. The van der Waals surface area contributed by atoms with E-state index < -0.39 is 0 Å². The zero-order chi connectivity index (χ0) is 15.8. The quantitative estimate of drug-likeness (QED) is 0.759. The average Bonchev–Trinajstić information content (AvgIpc) is 3.07. The Bertz CT molecular complexity index is 566. The highest BCUT2D eigenvalue weighted by Gasteiger charge is 2.12. The minimum atomic E-state index is 0.00916. The molecule has 2 aromatic rings. The van der Waals surface area contributed by atoms with Crippen molar-refractivity contribution in [1.82, 2.24) is 15.1 Å². The fourth-order valence-corrected chi connectivity index (χ4v) is 3.04. The van der Waals surface area contributed by atoms with E-state index in [-0.39, 0.29) is 11.2 Å². The Balaban J connectivity index is 1.80. The maximum atomic E-state index is 12.0. The summed E-state index contributed by atoms with van der Waals surface area (Å²) in [7, 11) is 0. The highest BCUT2D eigenvalue weighted by Crippen LogP contribution is 2.13. The van der Waals surface area contributed by atoms with Gasteiger partial charge in [0.05, 0.1) is 10.9 Å². The number of hydrogen-bond donors (Lipinski definition) is 1. The van der Waals surface area contributed by atoms with Crippen LogP contribution in [0.3, 0.4) is 0 Å². The number of carbonyl (C=O) groups is 1. The highest BCUT2D eigenvalue weighted by molar-refractivity contribution is 8.00. The van der Waals surface area contributed by atoms with Crippen LogP contribution in [0, 0.1) is 0 Å². The molecule has 0 saturated heterocycles. The molecule has 0 radical (unpaired) electrons. The fourth-order valence-electron chi connectivity index (χ4n) is 2.00. The van der Waals surface area contributed by atoms with Gasteiger partial charge in [-0.15, -0.1) is 11.8 Å². The predicted octanol–water partition coefficient (Wildman–Crippen LogP) is 3.41. The lowest BCUT2D eigenvalue weighted by Gasteiger charge is -2.12. The van der Waals surface area contributed by atoms with E-state index in [1.165, 1.54) is 6.42 Å². The molecule has 1 atom stereocenters. The third-order valence-corrected chi connectivity index (χ3v) is 4.65. The third-order valence-electron chi connectivity index (χ3n) is 3.41. The maximum absolute atomic E-state index is 12.0. The van der Waals surface area contributed by atoms with Crippen LogP contribution in [-0.2, 0) is 11.3 Å². The molecule has 0 fully saturated rings. The Hall–Kier alpha value is -1.75. The Kier molecular flexibility index (Phi) is 6.52. The van der Waals surface area contributed by atoms with Gasteiger partial charge in [0.15, 0.2) is 0 Å². The van der Waals surface area contributed by atoms with Gasteiger partial charge < -0.3 is 5.32 Å². The molecule has 1 heterocycles. The van der Waals surface area contributed by atoms with Crippen molar-refractivity contribution in [3.05, 3.63) is 48.3 Å². The summed E-state index contributed by atoms with van der Waals surface area (Å²) in [4.78, 5) is 12.0. The van der Waals surface area contributed by atoms with Crippen molar-refractivity contribution in [2.24, 2.45) is 0 Å². The lowest BCUT2D eigenvalue weighted by atomic mass is 10.2. The summed E-state index contributed by atoms with van der Waals surface area (Å²) in [6.45, 7) is 4.70. The molecule has 0 spiro atoms. The highest BCUT2D eigenvalue weighted by atomic mass is 32.2. The smallest absolute Gasteiger partial charge is 0.233 e. The number of unbranched alkanes of at least 4 members (excludes halogenated alkanes) is 1. The number of carbonyl (C=O) groups excluding carboxylic acids is 1. The molecule has 0 aliphatic carbocycles. The number of nitrogens with one attached hydrogen (secondary N) is 1. The average molecular weight is 317 g/mol. The SMILES string of the molecule is CCCCS[C@@H](C)C(=O)NCc1ccc(-n2cccn2)cc1. The first-order valence-corrected chi connectivity index (χ1v) is 8.74. The van der Waals surface area contributed by atoms with Gasteiger partial charge in [-0.1, -0.05) is 25.5 Å². The van der Waals surface area contributed by atoms with E-state index >= 15 is 0 Å². The lowest BCUT2D eigenvalue weighted by Crippen LogP contribution is -2.30. The molecule has 2 rings (SSSR count). The van der Waals surface area contributed by atoms with E-state index in [1.54, 1.807) is 18.0 Å². The van der Waals surface area contributed by atoms with Gasteiger partial charge in [0.2, 0.25) is 5.91 Å². The van der Waals surface area contributed by atoms with Gasteiger partial charge in [-0.05, 0) is 42.9 Å². The van der Waals surface area contributed by atoms with Crippen molar-refractivity contribution in [3.8, 4) is 5.69 Å². The molecule has 0 saturated carbocycles. The normalized spacial score (nSPS) is 12.1. The summed E-state index contributed by atoms with van der Waals surface area (Å²) in [5, 5.41) is 7.20. The van der Waals surface area contributed by atoms with Crippen LogP contribution in [-0.4, -0.2) is 26.7 Å². The fraction of sp³-hybridized carbons (Fsp3) is 0.412. The number of benzene rings is 1. The van der Waals surface area contributed by atoms with Crippen molar-refractivity contribution in [2.75, 3.05) is 5.75 Å². The van der Waals surface area contributed by atoms with Crippen molar-refractivity contribution in [1.29, 1.82) is 0 Å². The van der Waals surface area contributed by atoms with Crippen LogP contribution in [0.4, 0.5) is 0 Å². The first kappa shape index (κ1) is 16.6. The number of aromatic nitrogens is 2. The molecular weight excluding hydrogens is 294 g/mol. The predicted molar refractivity (Wildman–Crippen MR) is 92.2 cm³/mol. The van der Waals surface area contributed by atoms with Gasteiger partial charge in [0.1, 0.15) is 0 Å². The van der Waals surface area contributed by atoms with Crippen molar-refractivity contribution < 1.29 is 4.79 Å². The second kappa shape index (κ2) is 8.63. The monoisotopic (exact) mass is 317 g/mol. The van der Waals surface area contributed by atoms with Crippen LogP contribution in [0.25, 0.3) is 5.69 Å². The minimum Gasteiger partial charge on any atom is -0.351 e. The van der Waals surface area contributed by atoms with Gasteiger partial charge in [0, 0.05) is 18.9 Å². The minimum absolute atomic E-state index is 0.00916.